The third kappa shape index (κ3) is 2.28. The number of hydrogen-bond acceptors (Lipinski definition) is 2. The van der Waals surface area contributed by atoms with E-state index < -0.39 is 5.60 Å². The highest BCUT2D eigenvalue weighted by Crippen LogP contribution is 2.31. The summed E-state index contributed by atoms with van der Waals surface area (Å²) in [5.41, 5.74) is 6.05. The van der Waals surface area contributed by atoms with Gasteiger partial charge in [0.15, 0.2) is 0 Å². The Morgan fingerprint density at radius 3 is 2.64 bits per heavy atom. The molecule has 0 aromatic heterocycles. The van der Waals surface area contributed by atoms with E-state index >= 15 is 0 Å². The Morgan fingerprint density at radius 1 is 1.57 bits per heavy atom. The van der Waals surface area contributed by atoms with Gasteiger partial charge in [-0.15, -0.1) is 0 Å². The first kappa shape index (κ1) is 12.0. The molecule has 1 aromatic rings. The lowest BCUT2D eigenvalue weighted by molar-refractivity contribution is 0.0102. The van der Waals surface area contributed by atoms with Crippen molar-refractivity contribution < 1.29 is 4.74 Å². The van der Waals surface area contributed by atoms with Gasteiger partial charge in [0, 0.05) is 28.7 Å². The summed E-state index contributed by atoms with van der Waals surface area (Å²) in [6.07, 6.45) is 0. The number of benzene rings is 1. The van der Waals surface area contributed by atoms with E-state index in [1.807, 2.05) is 25.1 Å². The van der Waals surface area contributed by atoms with Crippen molar-refractivity contribution in [3.8, 4) is 0 Å². The smallest absolute Gasteiger partial charge is 0.103 e. The topological polar surface area (TPSA) is 35.2 Å². The number of nitrogens with two attached hydrogens (primary N) is 1. The molecule has 0 aliphatic rings. The molecule has 0 aliphatic heterocycles. The average molecular weight is 279 g/mol. The Labute approximate surface area is 97.5 Å². The minimum atomic E-state index is -0.516. The molecule has 78 valence electrons. The first-order chi connectivity index (χ1) is 6.53. The maximum absolute atomic E-state index is 6.11. The van der Waals surface area contributed by atoms with Gasteiger partial charge < -0.3 is 10.5 Å². The third-order valence-corrected chi connectivity index (χ3v) is 3.15. The molecule has 0 radical (unpaired) electrons. The van der Waals surface area contributed by atoms with Gasteiger partial charge in [-0.25, -0.2) is 0 Å². The Hall–Kier alpha value is -0.0900. The van der Waals surface area contributed by atoms with Crippen LogP contribution in [0.15, 0.2) is 22.7 Å². The summed E-state index contributed by atoms with van der Waals surface area (Å²) in [6, 6.07) is 5.68. The summed E-state index contributed by atoms with van der Waals surface area (Å²) >= 11 is 9.46. The molecule has 1 aromatic carbocycles. The van der Waals surface area contributed by atoms with E-state index in [9.17, 15) is 0 Å². The fraction of sp³-hybridized carbons (Fsp3) is 0.400. The van der Waals surface area contributed by atoms with Crippen molar-refractivity contribution in [3.05, 3.63) is 33.3 Å². The van der Waals surface area contributed by atoms with Crippen molar-refractivity contribution in [2.24, 2.45) is 5.73 Å². The summed E-state index contributed by atoms with van der Waals surface area (Å²) in [4.78, 5) is 0. The lowest BCUT2D eigenvalue weighted by Crippen LogP contribution is -2.34. The molecule has 0 heterocycles. The zero-order valence-corrected chi connectivity index (χ0v) is 10.5. The van der Waals surface area contributed by atoms with Crippen LogP contribution in [0.2, 0.25) is 5.02 Å². The Kier molecular flexibility index (Phi) is 3.95. The van der Waals surface area contributed by atoms with Gasteiger partial charge in [0.2, 0.25) is 0 Å². The highest BCUT2D eigenvalue weighted by molar-refractivity contribution is 9.10. The number of methoxy groups -OCH3 is 1. The van der Waals surface area contributed by atoms with E-state index in [4.69, 9.17) is 22.1 Å². The second kappa shape index (κ2) is 4.62. The molecule has 0 fully saturated rings. The summed E-state index contributed by atoms with van der Waals surface area (Å²) < 4.78 is 6.32. The minimum absolute atomic E-state index is 0.394. The van der Waals surface area contributed by atoms with Crippen LogP contribution < -0.4 is 5.73 Å². The molecule has 0 spiro atoms. The van der Waals surface area contributed by atoms with Crippen molar-refractivity contribution in [1.29, 1.82) is 0 Å². The Balaban J connectivity index is 3.17. The molecule has 0 saturated carbocycles. The van der Waals surface area contributed by atoms with Crippen LogP contribution in [-0.4, -0.2) is 13.7 Å². The molecular weight excluding hydrogens is 265 g/mol. The molecule has 1 rings (SSSR count). The van der Waals surface area contributed by atoms with Crippen LogP contribution in [0.4, 0.5) is 0 Å². The van der Waals surface area contributed by atoms with Crippen molar-refractivity contribution in [2.75, 3.05) is 13.7 Å². The number of ether oxygens (including phenoxy) is 1. The van der Waals surface area contributed by atoms with Gasteiger partial charge in [-0.1, -0.05) is 33.6 Å². The molecule has 0 aliphatic carbocycles. The normalized spacial score (nSPS) is 15.2. The predicted octanol–water partition coefficient (Wildman–Crippen LogP) is 2.92. The molecule has 0 amide bonds. The first-order valence-electron chi connectivity index (χ1n) is 4.24. The molecule has 4 heteroatoms. The maximum atomic E-state index is 6.11. The minimum Gasteiger partial charge on any atom is -0.372 e. The van der Waals surface area contributed by atoms with E-state index in [2.05, 4.69) is 15.9 Å². The quantitative estimate of drug-likeness (QED) is 0.923. The van der Waals surface area contributed by atoms with E-state index in [0.717, 1.165) is 10.0 Å². The molecular formula is C10H13BrClNO. The second-order valence-electron chi connectivity index (χ2n) is 3.26. The number of rotatable bonds is 3. The second-order valence-corrected chi connectivity index (χ2v) is 4.59. The van der Waals surface area contributed by atoms with Crippen molar-refractivity contribution in [2.45, 2.75) is 12.5 Å². The molecule has 0 bridgehead atoms. The molecule has 0 saturated heterocycles. The summed E-state index contributed by atoms with van der Waals surface area (Å²) in [7, 11) is 1.63. The van der Waals surface area contributed by atoms with Gasteiger partial charge in [0.25, 0.3) is 0 Å². The van der Waals surface area contributed by atoms with Gasteiger partial charge in [-0.3, -0.25) is 0 Å². The van der Waals surface area contributed by atoms with E-state index in [0.29, 0.717) is 11.6 Å². The summed E-state index contributed by atoms with van der Waals surface area (Å²) in [6.45, 7) is 2.31. The van der Waals surface area contributed by atoms with Crippen LogP contribution in [0.3, 0.4) is 0 Å². The van der Waals surface area contributed by atoms with Crippen molar-refractivity contribution in [3.63, 3.8) is 0 Å². The molecule has 1 unspecified atom stereocenters. The van der Waals surface area contributed by atoms with E-state index in [-0.39, 0.29) is 0 Å². The van der Waals surface area contributed by atoms with Gasteiger partial charge in [-0.05, 0) is 19.1 Å². The van der Waals surface area contributed by atoms with Gasteiger partial charge in [0.05, 0.1) is 0 Å². The largest absolute Gasteiger partial charge is 0.372 e. The Bertz CT molecular complexity index is 326. The Morgan fingerprint density at radius 2 is 2.21 bits per heavy atom. The zero-order valence-electron chi connectivity index (χ0n) is 8.18. The van der Waals surface area contributed by atoms with Crippen LogP contribution in [0, 0.1) is 0 Å². The monoisotopic (exact) mass is 277 g/mol. The lowest BCUT2D eigenvalue weighted by atomic mass is 9.96. The van der Waals surface area contributed by atoms with Crippen LogP contribution in [0.1, 0.15) is 12.5 Å². The van der Waals surface area contributed by atoms with Crippen molar-refractivity contribution >= 4 is 27.5 Å². The SMILES string of the molecule is COC(C)(CN)c1ccc(Br)cc1Cl. The average Bonchev–Trinajstić information content (AvgIpc) is 2.17. The lowest BCUT2D eigenvalue weighted by Gasteiger charge is -2.27. The van der Waals surface area contributed by atoms with E-state index in [1.165, 1.54) is 0 Å². The predicted molar refractivity (Wildman–Crippen MR) is 62.6 cm³/mol. The highest BCUT2D eigenvalue weighted by atomic mass is 79.9. The van der Waals surface area contributed by atoms with Gasteiger partial charge in [-0.2, -0.15) is 0 Å². The fourth-order valence-corrected chi connectivity index (χ4v) is 2.09. The van der Waals surface area contributed by atoms with Crippen LogP contribution in [0.25, 0.3) is 0 Å². The molecule has 2 N–H and O–H groups in total. The van der Waals surface area contributed by atoms with Gasteiger partial charge >= 0.3 is 0 Å². The maximum Gasteiger partial charge on any atom is 0.103 e. The summed E-state index contributed by atoms with van der Waals surface area (Å²) in [5.74, 6) is 0. The van der Waals surface area contributed by atoms with Crippen LogP contribution in [0.5, 0.6) is 0 Å². The van der Waals surface area contributed by atoms with Crippen LogP contribution >= 0.6 is 27.5 Å². The van der Waals surface area contributed by atoms with Crippen molar-refractivity contribution in [1.82, 2.24) is 0 Å². The molecule has 1 atom stereocenters. The highest BCUT2D eigenvalue weighted by Gasteiger charge is 2.26. The zero-order chi connectivity index (χ0) is 10.8. The fourth-order valence-electron chi connectivity index (χ4n) is 1.22. The number of halogens is 2. The molecule has 2 nitrogen and oxygen atoms in total. The van der Waals surface area contributed by atoms with E-state index in [1.54, 1.807) is 7.11 Å². The third-order valence-electron chi connectivity index (χ3n) is 2.34. The summed E-state index contributed by atoms with van der Waals surface area (Å²) in [5, 5.41) is 0.661. The van der Waals surface area contributed by atoms with Gasteiger partial charge in [0.1, 0.15) is 5.60 Å². The standard InChI is InChI=1S/C10H13BrClNO/c1-10(6-13,14-2)8-4-3-7(11)5-9(8)12/h3-5H,6,13H2,1-2H3. The molecule has 14 heavy (non-hydrogen) atoms. The first-order valence-corrected chi connectivity index (χ1v) is 5.41. The number of hydrogen-bond donors (Lipinski definition) is 1. The van der Waals surface area contributed by atoms with Crippen LogP contribution in [-0.2, 0) is 10.3 Å².